The van der Waals surface area contributed by atoms with Crippen LogP contribution in [0.2, 0.25) is 0 Å². The van der Waals surface area contributed by atoms with Crippen LogP contribution in [0.5, 0.6) is 0 Å². The van der Waals surface area contributed by atoms with Gasteiger partial charge in [-0.3, -0.25) is 9.59 Å². The lowest BCUT2D eigenvalue weighted by Gasteiger charge is -2.32. The van der Waals surface area contributed by atoms with Crippen molar-refractivity contribution >= 4 is 11.8 Å². The molecule has 0 aliphatic carbocycles. The first-order valence-corrected chi connectivity index (χ1v) is 6.49. The Kier molecular flexibility index (Phi) is 2.77. The maximum atomic E-state index is 12.9. The summed E-state index contributed by atoms with van der Waals surface area (Å²) >= 11 is 0. The largest absolute Gasteiger partial charge is 0.354 e. The summed E-state index contributed by atoms with van der Waals surface area (Å²) in [7, 11) is 0. The summed E-state index contributed by atoms with van der Waals surface area (Å²) in [6, 6.07) is 5.47. The molecule has 1 N–H and O–H groups in total. The van der Waals surface area contributed by atoms with Crippen LogP contribution in [0.1, 0.15) is 29.6 Å². The molecule has 2 amide bonds. The number of hydrogen-bond acceptors (Lipinski definition) is 2. The zero-order chi connectivity index (χ0) is 13.5. The number of halogens is 1. The van der Waals surface area contributed by atoms with E-state index in [1.165, 1.54) is 24.3 Å². The molecule has 0 radical (unpaired) electrons. The van der Waals surface area contributed by atoms with Crippen LogP contribution in [0.3, 0.4) is 0 Å². The molecule has 2 aliphatic heterocycles. The van der Waals surface area contributed by atoms with Crippen LogP contribution in [0.4, 0.5) is 4.39 Å². The van der Waals surface area contributed by atoms with Crippen LogP contribution >= 0.6 is 0 Å². The molecule has 1 unspecified atom stereocenters. The topological polar surface area (TPSA) is 49.4 Å². The first kappa shape index (κ1) is 12.1. The summed E-state index contributed by atoms with van der Waals surface area (Å²) in [5.41, 5.74) is -0.242. The minimum atomic E-state index is -0.675. The summed E-state index contributed by atoms with van der Waals surface area (Å²) in [6.07, 6.45) is 2.21. The van der Waals surface area contributed by atoms with E-state index in [0.717, 1.165) is 6.42 Å². The number of rotatable bonds is 1. The molecular formula is C14H15FN2O2. The quantitative estimate of drug-likeness (QED) is 0.830. The van der Waals surface area contributed by atoms with E-state index in [1.54, 1.807) is 4.90 Å². The Hall–Kier alpha value is -1.91. The number of likely N-dealkylation sites (tertiary alicyclic amines) is 1. The highest BCUT2D eigenvalue weighted by atomic mass is 19.1. The standard InChI is InChI=1S/C14H15FN2O2/c15-11-4-2-10(3-5-11)12(18)17-9-1-6-14(17)7-8-16-13(14)19/h2-5H,1,6-9H2,(H,16,19). The van der Waals surface area contributed by atoms with Gasteiger partial charge >= 0.3 is 0 Å². The van der Waals surface area contributed by atoms with Gasteiger partial charge in [0.2, 0.25) is 5.91 Å². The molecule has 0 bridgehead atoms. The Labute approximate surface area is 110 Å². The van der Waals surface area contributed by atoms with E-state index in [-0.39, 0.29) is 17.6 Å². The molecule has 100 valence electrons. The molecule has 3 rings (SSSR count). The predicted octanol–water partition coefficient (Wildman–Crippen LogP) is 1.32. The van der Waals surface area contributed by atoms with Crippen molar-refractivity contribution in [1.29, 1.82) is 0 Å². The molecule has 2 fully saturated rings. The Morgan fingerprint density at radius 2 is 2.00 bits per heavy atom. The van der Waals surface area contributed by atoms with Crippen LogP contribution in [-0.2, 0) is 4.79 Å². The number of amides is 2. The number of nitrogens with one attached hydrogen (secondary N) is 1. The van der Waals surface area contributed by atoms with Crippen LogP contribution in [0, 0.1) is 5.82 Å². The fourth-order valence-corrected chi connectivity index (χ4v) is 3.08. The maximum absolute atomic E-state index is 12.9. The second-order valence-electron chi connectivity index (χ2n) is 5.10. The van der Waals surface area contributed by atoms with Gasteiger partial charge in [-0.25, -0.2) is 4.39 Å². The minimum absolute atomic E-state index is 0.0551. The second kappa shape index (κ2) is 4.33. The van der Waals surface area contributed by atoms with Gasteiger partial charge in [-0.1, -0.05) is 0 Å². The molecule has 1 atom stereocenters. The molecular weight excluding hydrogens is 247 g/mol. The van der Waals surface area contributed by atoms with Crippen molar-refractivity contribution in [3.8, 4) is 0 Å². The smallest absolute Gasteiger partial charge is 0.254 e. The predicted molar refractivity (Wildman–Crippen MR) is 67.0 cm³/mol. The fourth-order valence-electron chi connectivity index (χ4n) is 3.08. The van der Waals surface area contributed by atoms with E-state index >= 15 is 0 Å². The Morgan fingerprint density at radius 1 is 1.26 bits per heavy atom. The van der Waals surface area contributed by atoms with Gasteiger partial charge in [0.1, 0.15) is 11.4 Å². The average molecular weight is 262 g/mol. The molecule has 0 saturated carbocycles. The lowest BCUT2D eigenvalue weighted by molar-refractivity contribution is -0.127. The number of carbonyl (C=O) groups excluding carboxylic acids is 2. The first-order valence-electron chi connectivity index (χ1n) is 6.49. The van der Waals surface area contributed by atoms with E-state index < -0.39 is 5.54 Å². The van der Waals surface area contributed by atoms with Gasteiger partial charge in [0.25, 0.3) is 5.91 Å². The van der Waals surface area contributed by atoms with E-state index in [2.05, 4.69) is 5.32 Å². The summed E-state index contributed by atoms with van der Waals surface area (Å²) in [4.78, 5) is 26.2. The molecule has 0 aromatic heterocycles. The van der Waals surface area contributed by atoms with Crippen molar-refractivity contribution < 1.29 is 14.0 Å². The van der Waals surface area contributed by atoms with Crippen LogP contribution in [-0.4, -0.2) is 35.3 Å². The van der Waals surface area contributed by atoms with Gasteiger partial charge in [0, 0.05) is 18.7 Å². The number of carbonyl (C=O) groups is 2. The number of benzene rings is 1. The molecule has 2 heterocycles. The first-order chi connectivity index (χ1) is 9.13. The maximum Gasteiger partial charge on any atom is 0.254 e. The molecule has 4 nitrogen and oxygen atoms in total. The van der Waals surface area contributed by atoms with Gasteiger partial charge < -0.3 is 10.2 Å². The highest BCUT2D eigenvalue weighted by molar-refractivity contribution is 6.00. The summed E-state index contributed by atoms with van der Waals surface area (Å²) < 4.78 is 12.9. The van der Waals surface area contributed by atoms with Crippen LogP contribution in [0.25, 0.3) is 0 Å². The van der Waals surface area contributed by atoms with Crippen LogP contribution < -0.4 is 5.32 Å². The molecule has 2 saturated heterocycles. The van der Waals surface area contributed by atoms with Gasteiger partial charge in [-0.15, -0.1) is 0 Å². The van der Waals surface area contributed by atoms with E-state index in [0.29, 0.717) is 31.5 Å². The Balaban J connectivity index is 1.91. The third kappa shape index (κ3) is 1.80. The summed E-state index contributed by atoms with van der Waals surface area (Å²) in [5.74, 6) is -0.610. The van der Waals surface area contributed by atoms with E-state index in [4.69, 9.17) is 0 Å². The number of nitrogens with zero attached hydrogens (tertiary/aromatic N) is 1. The van der Waals surface area contributed by atoms with Gasteiger partial charge in [0.05, 0.1) is 0 Å². The minimum Gasteiger partial charge on any atom is -0.354 e. The van der Waals surface area contributed by atoms with Crippen molar-refractivity contribution in [3.05, 3.63) is 35.6 Å². The second-order valence-corrected chi connectivity index (χ2v) is 5.10. The zero-order valence-electron chi connectivity index (χ0n) is 10.5. The SMILES string of the molecule is O=C(c1ccc(F)cc1)N1CCCC12CCNC2=O. The fraction of sp³-hybridized carbons (Fsp3) is 0.429. The Morgan fingerprint density at radius 3 is 2.63 bits per heavy atom. The monoisotopic (exact) mass is 262 g/mol. The van der Waals surface area contributed by atoms with Crippen molar-refractivity contribution in [2.24, 2.45) is 0 Å². The third-order valence-electron chi connectivity index (χ3n) is 4.07. The van der Waals surface area contributed by atoms with Crippen molar-refractivity contribution in [3.63, 3.8) is 0 Å². The zero-order valence-corrected chi connectivity index (χ0v) is 10.5. The average Bonchev–Trinajstić information content (AvgIpc) is 2.99. The van der Waals surface area contributed by atoms with Gasteiger partial charge in [0.15, 0.2) is 0 Å². The Bertz CT molecular complexity index is 525. The van der Waals surface area contributed by atoms with Crippen molar-refractivity contribution in [2.45, 2.75) is 24.8 Å². The summed E-state index contributed by atoms with van der Waals surface area (Å²) in [6.45, 7) is 1.20. The molecule has 2 aliphatic rings. The lowest BCUT2D eigenvalue weighted by Crippen LogP contribution is -2.52. The summed E-state index contributed by atoms with van der Waals surface area (Å²) in [5, 5.41) is 2.80. The molecule has 1 aromatic rings. The van der Waals surface area contributed by atoms with Crippen molar-refractivity contribution in [2.75, 3.05) is 13.1 Å². The van der Waals surface area contributed by atoms with Gasteiger partial charge in [-0.05, 0) is 43.5 Å². The molecule has 1 spiro atoms. The molecule has 19 heavy (non-hydrogen) atoms. The normalized spacial score (nSPS) is 25.9. The lowest BCUT2D eigenvalue weighted by atomic mass is 9.93. The third-order valence-corrected chi connectivity index (χ3v) is 4.07. The van der Waals surface area contributed by atoms with Crippen LogP contribution in [0.15, 0.2) is 24.3 Å². The van der Waals surface area contributed by atoms with E-state index in [9.17, 15) is 14.0 Å². The van der Waals surface area contributed by atoms with Gasteiger partial charge in [-0.2, -0.15) is 0 Å². The highest BCUT2D eigenvalue weighted by Crippen LogP contribution is 2.36. The van der Waals surface area contributed by atoms with Crippen molar-refractivity contribution in [1.82, 2.24) is 10.2 Å². The molecule has 5 heteroatoms. The van der Waals surface area contributed by atoms with E-state index in [1.807, 2.05) is 0 Å². The molecule has 1 aromatic carbocycles. The number of hydrogen-bond donors (Lipinski definition) is 1. The highest BCUT2D eigenvalue weighted by Gasteiger charge is 2.52.